The van der Waals surface area contributed by atoms with Crippen LogP contribution in [0.5, 0.6) is 17.2 Å². The van der Waals surface area contributed by atoms with Gasteiger partial charge in [-0.05, 0) is 42.0 Å². The summed E-state index contributed by atoms with van der Waals surface area (Å²) < 4.78 is 10.9. The standard InChI is InChI=1S/C20H15N3O6/c1-28-20-11-14(13-21-15-5-3-2-4-6-15)7-9-19(20)29-18-10-8-16(22(24)25)12-17(18)23(26)27/h2-13H,1H3. The molecule has 0 aliphatic heterocycles. The van der Waals surface area contributed by atoms with E-state index in [0.717, 1.165) is 23.4 Å². The number of benzene rings is 3. The van der Waals surface area contributed by atoms with Crippen LogP contribution in [0.4, 0.5) is 17.1 Å². The lowest BCUT2D eigenvalue weighted by atomic mass is 10.2. The molecular weight excluding hydrogens is 378 g/mol. The van der Waals surface area contributed by atoms with Gasteiger partial charge in [0.15, 0.2) is 11.5 Å². The number of para-hydroxylation sites is 1. The zero-order valence-corrected chi connectivity index (χ0v) is 15.2. The van der Waals surface area contributed by atoms with E-state index in [1.165, 1.54) is 13.2 Å². The van der Waals surface area contributed by atoms with Crippen molar-refractivity contribution in [3.8, 4) is 17.2 Å². The lowest BCUT2D eigenvalue weighted by Gasteiger charge is -2.11. The number of nitrogens with zero attached hydrogens (tertiary/aromatic N) is 3. The first-order valence-electron chi connectivity index (χ1n) is 8.36. The van der Waals surface area contributed by atoms with E-state index < -0.39 is 21.2 Å². The quantitative estimate of drug-likeness (QED) is 0.315. The van der Waals surface area contributed by atoms with Crippen molar-refractivity contribution in [2.45, 2.75) is 0 Å². The third kappa shape index (κ3) is 4.72. The van der Waals surface area contributed by atoms with Crippen LogP contribution in [0.25, 0.3) is 0 Å². The Morgan fingerprint density at radius 2 is 1.59 bits per heavy atom. The number of nitro benzene ring substituents is 2. The van der Waals surface area contributed by atoms with Gasteiger partial charge in [0.1, 0.15) is 0 Å². The first-order chi connectivity index (χ1) is 14.0. The number of methoxy groups -OCH3 is 1. The Hall–Kier alpha value is -4.27. The van der Waals surface area contributed by atoms with Crippen molar-refractivity contribution >= 4 is 23.3 Å². The van der Waals surface area contributed by atoms with Crippen molar-refractivity contribution in [1.29, 1.82) is 0 Å². The van der Waals surface area contributed by atoms with E-state index in [2.05, 4.69) is 4.99 Å². The van der Waals surface area contributed by atoms with Crippen LogP contribution in [0.15, 0.2) is 71.7 Å². The minimum absolute atomic E-state index is 0.135. The molecule has 9 nitrogen and oxygen atoms in total. The molecule has 0 aliphatic rings. The third-order valence-electron chi connectivity index (χ3n) is 3.88. The van der Waals surface area contributed by atoms with Crippen molar-refractivity contribution in [1.82, 2.24) is 0 Å². The van der Waals surface area contributed by atoms with Crippen LogP contribution in [0.2, 0.25) is 0 Å². The van der Waals surface area contributed by atoms with Gasteiger partial charge in [-0.15, -0.1) is 0 Å². The molecular formula is C20H15N3O6. The maximum Gasteiger partial charge on any atom is 0.318 e. The number of ether oxygens (including phenoxy) is 2. The van der Waals surface area contributed by atoms with Gasteiger partial charge in [0.05, 0.1) is 28.7 Å². The van der Waals surface area contributed by atoms with E-state index in [1.807, 2.05) is 30.3 Å². The summed E-state index contributed by atoms with van der Waals surface area (Å²) in [6, 6.07) is 17.5. The van der Waals surface area contributed by atoms with E-state index in [4.69, 9.17) is 9.47 Å². The molecule has 0 unspecified atom stereocenters. The van der Waals surface area contributed by atoms with Gasteiger partial charge < -0.3 is 9.47 Å². The van der Waals surface area contributed by atoms with Gasteiger partial charge in [-0.2, -0.15) is 0 Å². The molecule has 0 spiro atoms. The fourth-order valence-corrected chi connectivity index (χ4v) is 2.48. The first kappa shape index (κ1) is 19.5. The smallest absolute Gasteiger partial charge is 0.318 e. The summed E-state index contributed by atoms with van der Waals surface area (Å²) >= 11 is 0. The second-order valence-electron chi connectivity index (χ2n) is 5.77. The molecule has 3 rings (SSSR count). The second-order valence-corrected chi connectivity index (χ2v) is 5.77. The fourth-order valence-electron chi connectivity index (χ4n) is 2.48. The topological polar surface area (TPSA) is 117 Å². The summed E-state index contributed by atoms with van der Waals surface area (Å²) in [5.74, 6) is 0.417. The van der Waals surface area contributed by atoms with E-state index in [0.29, 0.717) is 5.75 Å². The Morgan fingerprint density at radius 3 is 2.24 bits per heavy atom. The van der Waals surface area contributed by atoms with Gasteiger partial charge in [0.25, 0.3) is 5.69 Å². The summed E-state index contributed by atoms with van der Waals surface area (Å²) in [4.78, 5) is 25.0. The second kappa shape index (κ2) is 8.61. The number of hydrogen-bond donors (Lipinski definition) is 0. The number of aliphatic imine (C=N–C) groups is 1. The van der Waals surface area contributed by atoms with E-state index in [9.17, 15) is 20.2 Å². The summed E-state index contributed by atoms with van der Waals surface area (Å²) in [5.41, 5.74) is 0.601. The van der Waals surface area contributed by atoms with Crippen LogP contribution in [-0.4, -0.2) is 23.2 Å². The number of rotatable bonds is 7. The van der Waals surface area contributed by atoms with Crippen LogP contribution >= 0.6 is 0 Å². The summed E-state index contributed by atoms with van der Waals surface area (Å²) in [5, 5.41) is 22.1. The molecule has 0 N–H and O–H groups in total. The average molecular weight is 393 g/mol. The first-order valence-corrected chi connectivity index (χ1v) is 8.36. The van der Waals surface area contributed by atoms with Gasteiger partial charge in [-0.1, -0.05) is 18.2 Å². The highest BCUT2D eigenvalue weighted by Crippen LogP contribution is 2.38. The molecule has 0 atom stereocenters. The van der Waals surface area contributed by atoms with Gasteiger partial charge in [-0.3, -0.25) is 25.2 Å². The molecule has 0 aromatic heterocycles. The van der Waals surface area contributed by atoms with Crippen molar-refractivity contribution < 1.29 is 19.3 Å². The van der Waals surface area contributed by atoms with Crippen molar-refractivity contribution in [3.05, 3.63) is 92.5 Å². The molecule has 146 valence electrons. The van der Waals surface area contributed by atoms with Gasteiger partial charge >= 0.3 is 5.69 Å². The molecule has 3 aromatic carbocycles. The van der Waals surface area contributed by atoms with Crippen LogP contribution in [-0.2, 0) is 0 Å². The van der Waals surface area contributed by atoms with Crippen LogP contribution < -0.4 is 9.47 Å². The number of hydrogen-bond acceptors (Lipinski definition) is 7. The largest absolute Gasteiger partial charge is 0.493 e. The Labute approximate surface area is 165 Å². The highest BCUT2D eigenvalue weighted by atomic mass is 16.6. The molecule has 0 bridgehead atoms. The van der Waals surface area contributed by atoms with Crippen LogP contribution in [0, 0.1) is 20.2 Å². The Bertz CT molecular complexity index is 1080. The molecule has 0 amide bonds. The Morgan fingerprint density at radius 1 is 0.862 bits per heavy atom. The summed E-state index contributed by atoms with van der Waals surface area (Å²) in [7, 11) is 1.44. The van der Waals surface area contributed by atoms with Crippen LogP contribution in [0.3, 0.4) is 0 Å². The molecule has 29 heavy (non-hydrogen) atoms. The van der Waals surface area contributed by atoms with Crippen molar-refractivity contribution in [2.75, 3.05) is 7.11 Å². The molecule has 0 radical (unpaired) electrons. The number of non-ortho nitro benzene ring substituents is 1. The predicted molar refractivity (Wildman–Crippen MR) is 107 cm³/mol. The maximum absolute atomic E-state index is 11.3. The van der Waals surface area contributed by atoms with E-state index in [-0.39, 0.29) is 11.5 Å². The molecule has 0 saturated carbocycles. The van der Waals surface area contributed by atoms with E-state index in [1.54, 1.807) is 24.4 Å². The molecule has 9 heteroatoms. The Kier molecular flexibility index (Phi) is 5.79. The maximum atomic E-state index is 11.3. The Balaban J connectivity index is 1.89. The molecule has 0 heterocycles. The predicted octanol–water partition coefficient (Wildman–Crippen LogP) is 5.05. The van der Waals surface area contributed by atoms with Crippen molar-refractivity contribution in [2.24, 2.45) is 4.99 Å². The van der Waals surface area contributed by atoms with Gasteiger partial charge in [0, 0.05) is 12.3 Å². The summed E-state index contributed by atoms with van der Waals surface area (Å²) in [6.07, 6.45) is 1.65. The highest BCUT2D eigenvalue weighted by Gasteiger charge is 2.22. The van der Waals surface area contributed by atoms with Gasteiger partial charge in [-0.25, -0.2) is 0 Å². The molecule has 0 aliphatic carbocycles. The average Bonchev–Trinajstić information content (AvgIpc) is 2.73. The third-order valence-corrected chi connectivity index (χ3v) is 3.88. The highest BCUT2D eigenvalue weighted by molar-refractivity contribution is 5.83. The molecule has 0 saturated heterocycles. The normalized spacial score (nSPS) is 10.7. The molecule has 3 aromatic rings. The minimum Gasteiger partial charge on any atom is -0.493 e. The minimum atomic E-state index is -0.740. The molecule has 0 fully saturated rings. The van der Waals surface area contributed by atoms with Gasteiger partial charge in [0.2, 0.25) is 5.75 Å². The van der Waals surface area contributed by atoms with E-state index >= 15 is 0 Å². The summed E-state index contributed by atoms with van der Waals surface area (Å²) in [6.45, 7) is 0. The fraction of sp³-hybridized carbons (Fsp3) is 0.0500. The lowest BCUT2D eigenvalue weighted by Crippen LogP contribution is -1.97. The SMILES string of the molecule is COc1cc(C=Nc2ccccc2)ccc1Oc1ccc([N+](=O)[O-])cc1[N+](=O)[O-]. The number of nitro groups is 2. The monoisotopic (exact) mass is 393 g/mol. The zero-order chi connectivity index (χ0) is 20.8. The zero-order valence-electron chi connectivity index (χ0n) is 15.2. The van der Waals surface area contributed by atoms with Crippen LogP contribution in [0.1, 0.15) is 5.56 Å². The van der Waals surface area contributed by atoms with Crippen molar-refractivity contribution in [3.63, 3.8) is 0 Å². The lowest BCUT2D eigenvalue weighted by molar-refractivity contribution is -0.394.